The van der Waals surface area contributed by atoms with Gasteiger partial charge in [-0.3, -0.25) is 4.79 Å². The molecule has 2 aromatic carbocycles. The maximum Gasteiger partial charge on any atom is 0.573 e. The third kappa shape index (κ3) is 4.48. The molecule has 28 heavy (non-hydrogen) atoms. The lowest BCUT2D eigenvalue weighted by Gasteiger charge is -2.28. The minimum absolute atomic E-state index is 0.00610. The molecule has 1 saturated heterocycles. The number of carbonyl (C=O) groups is 2. The van der Waals surface area contributed by atoms with Crippen molar-refractivity contribution in [3.8, 4) is 5.75 Å². The summed E-state index contributed by atoms with van der Waals surface area (Å²) in [4.78, 5) is 25.2. The molecule has 0 bridgehead atoms. The first-order chi connectivity index (χ1) is 13.1. The fourth-order valence-corrected chi connectivity index (χ4v) is 3.22. The van der Waals surface area contributed by atoms with Crippen LogP contribution in [0.15, 0.2) is 48.5 Å². The molecule has 1 aliphatic rings. The van der Waals surface area contributed by atoms with Gasteiger partial charge in [0, 0.05) is 5.02 Å². The quantitative estimate of drug-likeness (QED) is 0.789. The normalized spacial score (nSPS) is 17.9. The van der Waals surface area contributed by atoms with Crippen LogP contribution in [0.2, 0.25) is 5.02 Å². The Hall–Kier alpha value is -2.94. The number of alkyl halides is 3. The number of primary amides is 1. The SMILES string of the molecule is NC(=O)C1CN([C@@H](c2ccc(OC(F)(F)F)cc2)c2cccc(Cl)c2)C(=O)N1. The summed E-state index contributed by atoms with van der Waals surface area (Å²) in [5.74, 6) is -1.07. The predicted molar refractivity (Wildman–Crippen MR) is 94.6 cm³/mol. The van der Waals surface area contributed by atoms with Crippen LogP contribution in [-0.2, 0) is 4.79 Å². The van der Waals surface area contributed by atoms with E-state index in [9.17, 15) is 22.8 Å². The summed E-state index contributed by atoms with van der Waals surface area (Å²) in [5, 5.41) is 2.91. The van der Waals surface area contributed by atoms with Gasteiger partial charge in [0.25, 0.3) is 0 Å². The summed E-state index contributed by atoms with van der Waals surface area (Å²) >= 11 is 6.06. The number of ether oxygens (including phenoxy) is 1. The molecule has 148 valence electrons. The smallest absolute Gasteiger partial charge is 0.406 e. The van der Waals surface area contributed by atoms with Crippen molar-refractivity contribution in [2.75, 3.05) is 6.54 Å². The molecule has 2 atom stereocenters. The van der Waals surface area contributed by atoms with Crippen LogP contribution < -0.4 is 15.8 Å². The Labute approximate surface area is 163 Å². The highest BCUT2D eigenvalue weighted by atomic mass is 35.5. The van der Waals surface area contributed by atoms with E-state index in [1.54, 1.807) is 24.3 Å². The van der Waals surface area contributed by atoms with Crippen LogP contribution in [0.1, 0.15) is 17.2 Å². The summed E-state index contributed by atoms with van der Waals surface area (Å²) in [7, 11) is 0. The van der Waals surface area contributed by atoms with Crippen LogP contribution in [0.3, 0.4) is 0 Å². The van der Waals surface area contributed by atoms with E-state index in [0.717, 1.165) is 12.1 Å². The lowest BCUT2D eigenvalue weighted by atomic mass is 9.97. The largest absolute Gasteiger partial charge is 0.573 e. The first-order valence-electron chi connectivity index (χ1n) is 8.11. The molecule has 3 amide bonds. The zero-order valence-corrected chi connectivity index (χ0v) is 15.0. The number of hydrogen-bond donors (Lipinski definition) is 2. The molecule has 1 aliphatic heterocycles. The maximum atomic E-state index is 12.4. The predicted octanol–water partition coefficient (Wildman–Crippen LogP) is 3.21. The first kappa shape index (κ1) is 19.8. The van der Waals surface area contributed by atoms with E-state index in [4.69, 9.17) is 17.3 Å². The third-order valence-electron chi connectivity index (χ3n) is 4.19. The van der Waals surface area contributed by atoms with Gasteiger partial charge in [-0.25, -0.2) is 4.79 Å². The molecule has 10 heteroatoms. The van der Waals surface area contributed by atoms with Gasteiger partial charge in [0.15, 0.2) is 0 Å². The van der Waals surface area contributed by atoms with Crippen molar-refractivity contribution in [2.45, 2.75) is 18.4 Å². The van der Waals surface area contributed by atoms with E-state index in [2.05, 4.69) is 10.1 Å². The zero-order valence-electron chi connectivity index (χ0n) is 14.2. The van der Waals surface area contributed by atoms with E-state index in [1.165, 1.54) is 17.0 Å². The van der Waals surface area contributed by atoms with Crippen molar-refractivity contribution in [1.29, 1.82) is 0 Å². The summed E-state index contributed by atoms with van der Waals surface area (Å²) in [6.45, 7) is 0.00610. The van der Waals surface area contributed by atoms with Gasteiger partial charge >= 0.3 is 12.4 Å². The first-order valence-corrected chi connectivity index (χ1v) is 8.49. The van der Waals surface area contributed by atoms with Gasteiger partial charge in [0.2, 0.25) is 5.91 Å². The second kappa shape index (κ2) is 7.59. The molecule has 1 heterocycles. The summed E-state index contributed by atoms with van der Waals surface area (Å²) < 4.78 is 41.0. The molecule has 2 aromatic rings. The number of urea groups is 1. The van der Waals surface area contributed by atoms with Crippen molar-refractivity contribution < 1.29 is 27.5 Å². The number of carbonyl (C=O) groups excluding carboxylic acids is 2. The Bertz CT molecular complexity index is 890. The molecule has 1 fully saturated rings. The molecule has 1 unspecified atom stereocenters. The highest BCUT2D eigenvalue weighted by Crippen LogP contribution is 2.33. The molecule has 0 saturated carbocycles. The number of nitrogens with zero attached hydrogens (tertiary/aromatic N) is 1. The number of hydrogen-bond acceptors (Lipinski definition) is 3. The van der Waals surface area contributed by atoms with Gasteiger partial charge in [-0.05, 0) is 35.4 Å². The van der Waals surface area contributed by atoms with Crippen molar-refractivity contribution in [2.24, 2.45) is 5.73 Å². The minimum Gasteiger partial charge on any atom is -0.406 e. The Kier molecular flexibility index (Phi) is 5.37. The molecule has 3 rings (SSSR count). The number of nitrogens with two attached hydrogens (primary N) is 1. The molecule has 0 spiro atoms. The van der Waals surface area contributed by atoms with Gasteiger partial charge in [0.05, 0.1) is 12.6 Å². The Morgan fingerprint density at radius 1 is 1.21 bits per heavy atom. The van der Waals surface area contributed by atoms with E-state index < -0.39 is 30.4 Å². The van der Waals surface area contributed by atoms with Gasteiger partial charge in [0.1, 0.15) is 11.8 Å². The molecule has 3 N–H and O–H groups in total. The van der Waals surface area contributed by atoms with E-state index >= 15 is 0 Å². The second-order valence-corrected chi connectivity index (χ2v) is 6.57. The van der Waals surface area contributed by atoms with E-state index in [0.29, 0.717) is 16.1 Å². The average Bonchev–Trinajstić information content (AvgIpc) is 2.97. The average molecular weight is 414 g/mol. The molecule has 0 aromatic heterocycles. The van der Waals surface area contributed by atoms with Gasteiger partial charge < -0.3 is 20.7 Å². The number of halogens is 4. The Balaban J connectivity index is 1.98. The van der Waals surface area contributed by atoms with Crippen LogP contribution in [0.25, 0.3) is 0 Å². The molecule has 0 radical (unpaired) electrons. The van der Waals surface area contributed by atoms with Crippen LogP contribution in [0, 0.1) is 0 Å². The Morgan fingerprint density at radius 2 is 1.89 bits per heavy atom. The van der Waals surface area contributed by atoms with Crippen molar-refractivity contribution in [3.05, 3.63) is 64.7 Å². The fourth-order valence-electron chi connectivity index (χ4n) is 3.02. The second-order valence-electron chi connectivity index (χ2n) is 6.13. The molecular weight excluding hydrogens is 399 g/mol. The van der Waals surface area contributed by atoms with Crippen molar-refractivity contribution >= 4 is 23.5 Å². The monoisotopic (exact) mass is 413 g/mol. The Morgan fingerprint density at radius 3 is 2.43 bits per heavy atom. The summed E-state index contributed by atoms with van der Waals surface area (Å²) in [6, 6.07) is 9.74. The standard InChI is InChI=1S/C18H15ClF3N3O3/c19-12-3-1-2-11(8-12)15(25-9-14(16(23)26)24-17(25)27)10-4-6-13(7-5-10)28-18(20,21)22/h1-8,14-15H,9H2,(H2,23,26)(H,24,27)/t14?,15-/m0/s1. The van der Waals surface area contributed by atoms with Crippen LogP contribution in [0.5, 0.6) is 5.75 Å². The van der Waals surface area contributed by atoms with Crippen molar-refractivity contribution in [1.82, 2.24) is 10.2 Å². The highest BCUT2D eigenvalue weighted by molar-refractivity contribution is 6.30. The van der Waals surface area contributed by atoms with Crippen molar-refractivity contribution in [3.63, 3.8) is 0 Å². The zero-order chi connectivity index (χ0) is 20.5. The fraction of sp³-hybridized carbons (Fsp3) is 0.222. The van der Waals surface area contributed by atoms with Gasteiger partial charge in [-0.1, -0.05) is 35.9 Å². The summed E-state index contributed by atoms with van der Waals surface area (Å²) in [5.41, 5.74) is 6.41. The molecule has 6 nitrogen and oxygen atoms in total. The van der Waals surface area contributed by atoms with Crippen LogP contribution in [-0.4, -0.2) is 35.8 Å². The topological polar surface area (TPSA) is 84.7 Å². The van der Waals surface area contributed by atoms with Crippen LogP contribution in [0.4, 0.5) is 18.0 Å². The van der Waals surface area contributed by atoms with E-state index in [-0.39, 0.29) is 12.3 Å². The van der Waals surface area contributed by atoms with E-state index in [1.807, 2.05) is 0 Å². The number of rotatable bonds is 5. The highest BCUT2D eigenvalue weighted by Gasteiger charge is 2.38. The minimum atomic E-state index is -4.81. The molecule has 0 aliphatic carbocycles. The lowest BCUT2D eigenvalue weighted by Crippen LogP contribution is -2.39. The third-order valence-corrected chi connectivity index (χ3v) is 4.42. The van der Waals surface area contributed by atoms with Crippen LogP contribution >= 0.6 is 11.6 Å². The number of benzene rings is 2. The van der Waals surface area contributed by atoms with Gasteiger partial charge in [-0.15, -0.1) is 13.2 Å². The number of amides is 3. The summed E-state index contributed by atoms with van der Waals surface area (Å²) in [6.07, 6.45) is -4.81. The lowest BCUT2D eigenvalue weighted by molar-refractivity contribution is -0.274. The molecular formula is C18H15ClF3N3O3. The number of nitrogens with one attached hydrogen (secondary N) is 1. The maximum absolute atomic E-state index is 12.4. The van der Waals surface area contributed by atoms with Gasteiger partial charge in [-0.2, -0.15) is 0 Å².